The fraction of sp³-hybridized carbons (Fsp3) is 0.188. The van der Waals surface area contributed by atoms with Gasteiger partial charge in [0.25, 0.3) is 0 Å². The molecule has 2 N–H and O–H groups in total. The van der Waals surface area contributed by atoms with E-state index in [0.29, 0.717) is 28.6 Å². The molecule has 6 nitrogen and oxygen atoms in total. The first-order valence-electron chi connectivity index (χ1n) is 7.08. The summed E-state index contributed by atoms with van der Waals surface area (Å²) >= 11 is 1.15. The van der Waals surface area contributed by atoms with Crippen molar-refractivity contribution in [2.75, 3.05) is 11.9 Å². The van der Waals surface area contributed by atoms with Crippen LogP contribution in [0.5, 0.6) is 5.75 Å². The highest BCUT2D eigenvalue weighted by Crippen LogP contribution is 2.36. The van der Waals surface area contributed by atoms with Gasteiger partial charge in [0.2, 0.25) is 0 Å². The number of hydrogen-bond acceptors (Lipinski definition) is 6. The summed E-state index contributed by atoms with van der Waals surface area (Å²) in [5, 5.41) is 13.2. The molecule has 0 radical (unpaired) electrons. The van der Waals surface area contributed by atoms with Crippen molar-refractivity contribution in [3.63, 3.8) is 0 Å². The lowest BCUT2D eigenvalue weighted by Gasteiger charge is -2.12. The van der Waals surface area contributed by atoms with E-state index in [4.69, 9.17) is 4.74 Å². The zero-order valence-electron chi connectivity index (χ0n) is 12.7. The second-order valence-electron chi connectivity index (χ2n) is 4.82. The van der Waals surface area contributed by atoms with Crippen LogP contribution in [0.25, 0.3) is 10.2 Å². The fourth-order valence-electron chi connectivity index (χ4n) is 2.35. The number of carboxylic acids is 1. The number of ether oxygens (including phenoxy) is 1. The lowest BCUT2D eigenvalue weighted by molar-refractivity contribution is 0.0701. The highest BCUT2D eigenvalue weighted by Gasteiger charge is 2.19. The number of fused-ring (bicyclic) bond motifs is 1. The van der Waals surface area contributed by atoms with Gasteiger partial charge in [-0.2, -0.15) is 0 Å². The molecule has 0 fully saturated rings. The summed E-state index contributed by atoms with van der Waals surface area (Å²) in [5.74, 6) is 0.336. The molecule has 2 aromatic heterocycles. The van der Waals surface area contributed by atoms with Crippen LogP contribution in [0.15, 0.2) is 30.6 Å². The van der Waals surface area contributed by atoms with Gasteiger partial charge in [0.1, 0.15) is 27.6 Å². The number of para-hydroxylation sites is 2. The summed E-state index contributed by atoms with van der Waals surface area (Å²) in [6, 6.07) is 7.54. The fourth-order valence-corrected chi connectivity index (χ4v) is 3.34. The van der Waals surface area contributed by atoms with E-state index < -0.39 is 5.97 Å². The normalized spacial score (nSPS) is 10.7. The van der Waals surface area contributed by atoms with Crippen molar-refractivity contribution in [1.82, 2.24) is 9.97 Å². The van der Waals surface area contributed by atoms with Crippen LogP contribution < -0.4 is 10.1 Å². The Morgan fingerprint density at radius 3 is 2.87 bits per heavy atom. The van der Waals surface area contributed by atoms with E-state index in [1.807, 2.05) is 31.2 Å². The zero-order valence-corrected chi connectivity index (χ0v) is 13.5. The summed E-state index contributed by atoms with van der Waals surface area (Å²) < 4.78 is 5.60. The molecule has 0 atom stereocenters. The third kappa shape index (κ3) is 2.83. The molecule has 0 saturated carbocycles. The van der Waals surface area contributed by atoms with Gasteiger partial charge in [-0.3, -0.25) is 0 Å². The second-order valence-corrected chi connectivity index (χ2v) is 5.82. The zero-order chi connectivity index (χ0) is 16.4. The maximum absolute atomic E-state index is 11.3. The first-order chi connectivity index (χ1) is 11.1. The maximum atomic E-state index is 11.3. The van der Waals surface area contributed by atoms with Crippen molar-refractivity contribution in [2.45, 2.75) is 13.8 Å². The smallest absolute Gasteiger partial charge is 0.346 e. The molecule has 23 heavy (non-hydrogen) atoms. The molecule has 0 unspecified atom stereocenters. The van der Waals surface area contributed by atoms with Gasteiger partial charge in [-0.25, -0.2) is 14.8 Å². The van der Waals surface area contributed by atoms with Gasteiger partial charge in [0, 0.05) is 0 Å². The van der Waals surface area contributed by atoms with Crippen LogP contribution in [0.4, 0.5) is 11.5 Å². The number of aryl methyl sites for hydroxylation is 1. The number of anilines is 2. The number of hydrogen-bond donors (Lipinski definition) is 2. The number of thiophene rings is 1. The number of nitrogens with one attached hydrogen (secondary N) is 1. The Morgan fingerprint density at radius 1 is 1.35 bits per heavy atom. The third-order valence-electron chi connectivity index (χ3n) is 3.36. The quantitative estimate of drug-likeness (QED) is 0.740. The Bertz CT molecular complexity index is 876. The van der Waals surface area contributed by atoms with E-state index in [1.54, 1.807) is 6.92 Å². The Balaban J connectivity index is 2.09. The predicted octanol–water partition coefficient (Wildman–Crippen LogP) is 3.84. The lowest BCUT2D eigenvalue weighted by atomic mass is 10.2. The summed E-state index contributed by atoms with van der Waals surface area (Å²) in [4.78, 5) is 20.7. The van der Waals surface area contributed by atoms with Crippen molar-refractivity contribution in [2.24, 2.45) is 0 Å². The molecular formula is C16H15N3O3S. The number of carboxylic acid groups (broad SMARTS) is 1. The molecule has 2 heterocycles. The monoisotopic (exact) mass is 329 g/mol. The minimum Gasteiger partial charge on any atom is -0.492 e. The minimum absolute atomic E-state index is 0.279. The SMILES string of the molecule is CCOc1ccccc1Nc1ncnc2sc(C(=O)O)c(C)c12. The van der Waals surface area contributed by atoms with E-state index >= 15 is 0 Å². The number of benzene rings is 1. The van der Waals surface area contributed by atoms with Gasteiger partial charge in [-0.15, -0.1) is 11.3 Å². The first kappa shape index (κ1) is 15.2. The van der Waals surface area contributed by atoms with Gasteiger partial charge in [-0.1, -0.05) is 12.1 Å². The summed E-state index contributed by atoms with van der Waals surface area (Å²) in [7, 11) is 0. The van der Waals surface area contributed by atoms with Gasteiger partial charge in [0.15, 0.2) is 0 Å². The average Bonchev–Trinajstić information content (AvgIpc) is 2.88. The summed E-state index contributed by atoms with van der Waals surface area (Å²) in [6.07, 6.45) is 1.43. The Hall–Kier alpha value is -2.67. The van der Waals surface area contributed by atoms with Crippen LogP contribution in [-0.2, 0) is 0 Å². The number of carbonyl (C=O) groups is 1. The van der Waals surface area contributed by atoms with Gasteiger partial charge >= 0.3 is 5.97 Å². The molecule has 118 valence electrons. The minimum atomic E-state index is -0.953. The molecule has 7 heteroatoms. The summed E-state index contributed by atoms with van der Waals surface area (Å²) in [5.41, 5.74) is 1.44. The van der Waals surface area contributed by atoms with E-state index in [0.717, 1.165) is 22.4 Å². The largest absolute Gasteiger partial charge is 0.492 e. The Kier molecular flexibility index (Phi) is 4.12. The van der Waals surface area contributed by atoms with Crippen LogP contribution in [0.2, 0.25) is 0 Å². The molecule has 3 aromatic rings. The topological polar surface area (TPSA) is 84.3 Å². The number of nitrogens with zero attached hydrogens (tertiary/aromatic N) is 2. The number of aromatic carboxylic acids is 1. The van der Waals surface area contributed by atoms with Crippen LogP contribution in [0, 0.1) is 6.92 Å². The third-order valence-corrected chi connectivity index (χ3v) is 4.55. The maximum Gasteiger partial charge on any atom is 0.346 e. The molecule has 0 amide bonds. The predicted molar refractivity (Wildman–Crippen MR) is 90.0 cm³/mol. The molecular weight excluding hydrogens is 314 g/mol. The molecule has 0 bridgehead atoms. The van der Waals surface area contributed by atoms with Gasteiger partial charge in [-0.05, 0) is 31.5 Å². The van der Waals surface area contributed by atoms with Crippen LogP contribution in [0.3, 0.4) is 0 Å². The van der Waals surface area contributed by atoms with Crippen molar-refractivity contribution >= 4 is 39.0 Å². The van der Waals surface area contributed by atoms with Crippen LogP contribution in [-0.4, -0.2) is 27.7 Å². The molecule has 0 saturated heterocycles. The Labute approximate surface area is 136 Å². The lowest BCUT2D eigenvalue weighted by Crippen LogP contribution is -2.00. The Morgan fingerprint density at radius 2 is 2.13 bits per heavy atom. The van der Waals surface area contributed by atoms with E-state index in [9.17, 15) is 9.90 Å². The van der Waals surface area contributed by atoms with Crippen molar-refractivity contribution in [3.05, 3.63) is 41.0 Å². The van der Waals surface area contributed by atoms with E-state index in [1.165, 1.54) is 6.33 Å². The summed E-state index contributed by atoms with van der Waals surface area (Å²) in [6.45, 7) is 4.24. The van der Waals surface area contributed by atoms with Crippen LogP contribution in [0.1, 0.15) is 22.2 Å². The van der Waals surface area contributed by atoms with Crippen molar-refractivity contribution in [1.29, 1.82) is 0 Å². The van der Waals surface area contributed by atoms with E-state index in [2.05, 4.69) is 15.3 Å². The van der Waals surface area contributed by atoms with E-state index in [-0.39, 0.29) is 4.88 Å². The van der Waals surface area contributed by atoms with Crippen molar-refractivity contribution < 1.29 is 14.6 Å². The van der Waals surface area contributed by atoms with Crippen LogP contribution >= 0.6 is 11.3 Å². The average molecular weight is 329 g/mol. The first-order valence-corrected chi connectivity index (χ1v) is 7.89. The molecule has 0 spiro atoms. The highest BCUT2D eigenvalue weighted by molar-refractivity contribution is 7.20. The molecule has 0 aliphatic heterocycles. The van der Waals surface area contributed by atoms with Crippen molar-refractivity contribution in [3.8, 4) is 5.75 Å². The van der Waals surface area contributed by atoms with Gasteiger partial charge < -0.3 is 15.2 Å². The highest BCUT2D eigenvalue weighted by atomic mass is 32.1. The molecule has 0 aliphatic rings. The number of rotatable bonds is 5. The second kappa shape index (κ2) is 6.21. The standard InChI is InChI=1S/C16H15N3O3S/c1-3-22-11-7-5-4-6-10(11)19-14-12-9(2)13(16(20)21)23-15(12)18-8-17-14/h4-8H,3H2,1-2H3,(H,20,21)(H,17,18,19). The van der Waals surface area contributed by atoms with Gasteiger partial charge in [0.05, 0.1) is 17.7 Å². The number of aromatic nitrogens is 2. The molecule has 3 rings (SSSR count). The molecule has 1 aromatic carbocycles. The molecule has 0 aliphatic carbocycles.